The minimum absolute atomic E-state index is 0.160. The average molecular weight is 211 g/mol. The van der Waals surface area contributed by atoms with Crippen LogP contribution in [-0.2, 0) is 4.79 Å². The molecule has 0 aromatic rings. The molecule has 0 saturated heterocycles. The second-order valence-electron chi connectivity index (χ2n) is 2.50. The van der Waals surface area contributed by atoms with E-state index in [0.717, 1.165) is 0 Å². The van der Waals surface area contributed by atoms with Crippen LogP contribution in [0, 0.1) is 0 Å². The third-order valence-electron chi connectivity index (χ3n) is 1.01. The fourth-order valence-corrected chi connectivity index (χ4v) is 0.566. The lowest BCUT2D eigenvalue weighted by Gasteiger charge is -2.11. The zero-order chi connectivity index (χ0) is 10.5. The highest BCUT2D eigenvalue weighted by atomic mass is 32.1. The average Bonchev–Trinajstić information content (AvgIpc) is 1.97. The van der Waals surface area contributed by atoms with Crippen molar-refractivity contribution in [2.24, 2.45) is 0 Å². The molecule has 0 atom stereocenters. The van der Waals surface area contributed by atoms with Gasteiger partial charge in [0.15, 0.2) is 5.11 Å². The summed E-state index contributed by atoms with van der Waals surface area (Å²) in [5.41, 5.74) is 4.26. The SMILES string of the molecule is CNC(=S)NNC(=O)CC(C)(F)F. The Hall–Kier alpha value is -0.980. The van der Waals surface area contributed by atoms with Crippen molar-refractivity contribution in [1.82, 2.24) is 16.2 Å². The van der Waals surface area contributed by atoms with Gasteiger partial charge in [-0.2, -0.15) is 0 Å². The predicted molar refractivity (Wildman–Crippen MR) is 48.2 cm³/mol. The lowest BCUT2D eigenvalue weighted by molar-refractivity contribution is -0.127. The Labute approximate surface area is 80.0 Å². The van der Waals surface area contributed by atoms with E-state index in [1.54, 1.807) is 0 Å². The zero-order valence-electron chi connectivity index (χ0n) is 7.28. The van der Waals surface area contributed by atoms with E-state index in [4.69, 9.17) is 0 Å². The third kappa shape index (κ3) is 7.38. The van der Waals surface area contributed by atoms with Crippen LogP contribution in [0.1, 0.15) is 13.3 Å². The number of nitrogens with one attached hydrogen (secondary N) is 3. The Morgan fingerprint density at radius 1 is 1.46 bits per heavy atom. The van der Waals surface area contributed by atoms with E-state index >= 15 is 0 Å². The molecule has 0 aromatic heterocycles. The van der Waals surface area contributed by atoms with Gasteiger partial charge in [0.05, 0.1) is 6.42 Å². The van der Waals surface area contributed by atoms with Crippen LogP contribution >= 0.6 is 12.2 Å². The van der Waals surface area contributed by atoms with Crippen molar-refractivity contribution in [3.05, 3.63) is 0 Å². The lowest BCUT2D eigenvalue weighted by atomic mass is 10.3. The van der Waals surface area contributed by atoms with Gasteiger partial charge in [0.25, 0.3) is 5.92 Å². The van der Waals surface area contributed by atoms with Gasteiger partial charge in [0, 0.05) is 7.05 Å². The van der Waals surface area contributed by atoms with Gasteiger partial charge < -0.3 is 5.32 Å². The standard InChI is InChI=1S/C6H11F2N3OS/c1-6(7,8)3-4(12)10-11-5(13)9-2/h3H2,1-2H3,(H,10,12)(H2,9,11,13). The quantitative estimate of drug-likeness (QED) is 0.450. The molecule has 7 heteroatoms. The zero-order valence-corrected chi connectivity index (χ0v) is 8.10. The molecule has 0 aliphatic rings. The van der Waals surface area contributed by atoms with Crippen LogP contribution in [0.5, 0.6) is 0 Å². The van der Waals surface area contributed by atoms with Gasteiger partial charge in [0.1, 0.15) is 0 Å². The summed E-state index contributed by atoms with van der Waals surface area (Å²) in [4.78, 5) is 10.7. The Kier molecular flexibility index (Phi) is 4.53. The molecule has 0 saturated carbocycles. The molecule has 0 aromatic carbocycles. The summed E-state index contributed by atoms with van der Waals surface area (Å²) < 4.78 is 24.5. The number of hydrazine groups is 1. The number of amides is 1. The number of rotatable bonds is 2. The van der Waals surface area contributed by atoms with Gasteiger partial charge in [-0.3, -0.25) is 15.6 Å². The number of carbonyl (C=O) groups is 1. The van der Waals surface area contributed by atoms with Gasteiger partial charge >= 0.3 is 0 Å². The largest absolute Gasteiger partial charge is 0.364 e. The van der Waals surface area contributed by atoms with Crippen LogP contribution < -0.4 is 16.2 Å². The fourth-order valence-electron chi connectivity index (χ4n) is 0.515. The summed E-state index contributed by atoms with van der Waals surface area (Å²) >= 11 is 4.59. The highest BCUT2D eigenvalue weighted by molar-refractivity contribution is 7.80. The molecule has 0 bridgehead atoms. The molecular weight excluding hydrogens is 200 g/mol. The fraction of sp³-hybridized carbons (Fsp3) is 0.667. The van der Waals surface area contributed by atoms with Crippen LogP contribution in [-0.4, -0.2) is 24.0 Å². The molecular formula is C6H11F2N3OS. The van der Waals surface area contributed by atoms with Crippen molar-refractivity contribution >= 4 is 23.2 Å². The van der Waals surface area contributed by atoms with Crippen molar-refractivity contribution < 1.29 is 13.6 Å². The summed E-state index contributed by atoms with van der Waals surface area (Å²) in [7, 11) is 1.54. The van der Waals surface area contributed by atoms with Crippen molar-refractivity contribution in [1.29, 1.82) is 0 Å². The van der Waals surface area contributed by atoms with E-state index in [0.29, 0.717) is 6.92 Å². The van der Waals surface area contributed by atoms with E-state index in [2.05, 4.69) is 23.0 Å². The molecule has 76 valence electrons. The molecule has 0 spiro atoms. The smallest absolute Gasteiger partial charge is 0.254 e. The van der Waals surface area contributed by atoms with Gasteiger partial charge in [-0.25, -0.2) is 8.78 Å². The lowest BCUT2D eigenvalue weighted by Crippen LogP contribution is -2.46. The van der Waals surface area contributed by atoms with Crippen LogP contribution in [0.15, 0.2) is 0 Å². The Balaban J connectivity index is 3.71. The molecule has 13 heavy (non-hydrogen) atoms. The topological polar surface area (TPSA) is 53.2 Å². The van der Waals surface area contributed by atoms with E-state index in [1.807, 2.05) is 5.43 Å². The number of hydrogen-bond donors (Lipinski definition) is 3. The van der Waals surface area contributed by atoms with E-state index in [9.17, 15) is 13.6 Å². The predicted octanol–water partition coefficient (Wildman–Crippen LogP) is 0.157. The Bertz CT molecular complexity index is 205. The molecule has 1 amide bonds. The van der Waals surface area contributed by atoms with Crippen LogP contribution in [0.25, 0.3) is 0 Å². The summed E-state index contributed by atoms with van der Waals surface area (Å²) in [6.07, 6.45) is -0.869. The Morgan fingerprint density at radius 3 is 2.38 bits per heavy atom. The second-order valence-corrected chi connectivity index (χ2v) is 2.91. The molecule has 0 radical (unpaired) electrons. The maximum absolute atomic E-state index is 12.2. The van der Waals surface area contributed by atoms with Crippen molar-refractivity contribution in [3.63, 3.8) is 0 Å². The summed E-state index contributed by atoms with van der Waals surface area (Å²) in [5.74, 6) is -3.82. The number of alkyl halides is 2. The van der Waals surface area contributed by atoms with E-state index in [-0.39, 0.29) is 5.11 Å². The first-order valence-corrected chi connectivity index (χ1v) is 3.90. The molecule has 0 heterocycles. The van der Waals surface area contributed by atoms with Gasteiger partial charge in [-0.1, -0.05) is 0 Å². The minimum atomic E-state index is -3.01. The first-order valence-electron chi connectivity index (χ1n) is 3.49. The van der Waals surface area contributed by atoms with E-state index < -0.39 is 18.3 Å². The number of thiocarbonyl (C=S) groups is 1. The summed E-state index contributed by atoms with van der Waals surface area (Å²) in [5, 5.41) is 2.66. The maximum Gasteiger partial charge on any atom is 0.254 e. The molecule has 0 aliphatic carbocycles. The van der Waals surface area contributed by atoms with Crippen molar-refractivity contribution in [3.8, 4) is 0 Å². The Morgan fingerprint density at radius 2 is 2.00 bits per heavy atom. The third-order valence-corrected chi connectivity index (χ3v) is 1.32. The molecule has 4 nitrogen and oxygen atoms in total. The molecule has 0 rings (SSSR count). The first-order chi connectivity index (χ1) is 5.85. The maximum atomic E-state index is 12.2. The highest BCUT2D eigenvalue weighted by Gasteiger charge is 2.25. The molecule has 0 aliphatic heterocycles. The van der Waals surface area contributed by atoms with Gasteiger partial charge in [0.2, 0.25) is 5.91 Å². The monoisotopic (exact) mass is 211 g/mol. The van der Waals surface area contributed by atoms with Gasteiger partial charge in [-0.15, -0.1) is 0 Å². The number of hydrogen-bond acceptors (Lipinski definition) is 2. The van der Waals surface area contributed by atoms with Gasteiger partial charge in [-0.05, 0) is 19.1 Å². The highest BCUT2D eigenvalue weighted by Crippen LogP contribution is 2.15. The van der Waals surface area contributed by atoms with Crippen molar-refractivity contribution in [2.45, 2.75) is 19.3 Å². The van der Waals surface area contributed by atoms with Crippen molar-refractivity contribution in [2.75, 3.05) is 7.05 Å². The van der Waals surface area contributed by atoms with E-state index in [1.165, 1.54) is 7.05 Å². The normalized spacial score (nSPS) is 10.5. The summed E-state index contributed by atoms with van der Waals surface area (Å²) in [6, 6.07) is 0. The van der Waals surface area contributed by atoms with Crippen LogP contribution in [0.2, 0.25) is 0 Å². The molecule has 0 fully saturated rings. The van der Waals surface area contributed by atoms with Crippen LogP contribution in [0.4, 0.5) is 8.78 Å². The molecule has 3 N–H and O–H groups in total. The summed E-state index contributed by atoms with van der Waals surface area (Å²) in [6.45, 7) is 0.670. The minimum Gasteiger partial charge on any atom is -0.364 e. The first kappa shape index (κ1) is 12.0. The number of carbonyl (C=O) groups excluding carboxylic acids is 1. The van der Waals surface area contributed by atoms with Crippen LogP contribution in [0.3, 0.4) is 0 Å². The number of halogens is 2. The second kappa shape index (κ2) is 4.90. The molecule has 0 unspecified atom stereocenters.